The van der Waals surface area contributed by atoms with Crippen LogP contribution in [0.15, 0.2) is 40.5 Å². The highest BCUT2D eigenvalue weighted by Crippen LogP contribution is 2.00. The van der Waals surface area contributed by atoms with Gasteiger partial charge in [0, 0.05) is 7.05 Å². The summed E-state index contributed by atoms with van der Waals surface area (Å²) in [5.41, 5.74) is 1.68. The molecule has 0 fully saturated rings. The summed E-state index contributed by atoms with van der Waals surface area (Å²) in [6.07, 6.45) is 2.27. The van der Waals surface area contributed by atoms with E-state index >= 15 is 0 Å². The van der Waals surface area contributed by atoms with Crippen LogP contribution in [0.4, 0.5) is 0 Å². The predicted octanol–water partition coefficient (Wildman–Crippen LogP) is 1.33. The van der Waals surface area contributed by atoms with E-state index in [1.165, 1.54) is 13.4 Å². The number of benzene rings is 1. The molecular formula is C11H15N3O2S. The Bertz CT molecular complexity index is 521. The Hall–Kier alpha value is -1.69. The van der Waals surface area contributed by atoms with E-state index in [-0.39, 0.29) is 0 Å². The van der Waals surface area contributed by atoms with Gasteiger partial charge in [0.25, 0.3) is 0 Å². The molecule has 0 bridgehead atoms. The maximum Gasteiger partial charge on any atom is 0.232 e. The summed E-state index contributed by atoms with van der Waals surface area (Å²) in [5, 5.41) is 7.65. The molecule has 0 spiro atoms. The Kier molecular flexibility index (Phi) is 4.39. The molecule has 6 heteroatoms. The van der Waals surface area contributed by atoms with Crippen molar-refractivity contribution in [3.8, 4) is 0 Å². The zero-order valence-corrected chi connectivity index (χ0v) is 10.8. The van der Waals surface area contributed by atoms with Gasteiger partial charge in [0.05, 0.1) is 12.0 Å². The fourth-order valence-electron chi connectivity index (χ4n) is 1.01. The molecule has 1 aromatic carbocycles. The van der Waals surface area contributed by atoms with Crippen molar-refractivity contribution in [1.29, 1.82) is 0 Å². The Labute approximate surface area is 102 Å². The van der Waals surface area contributed by atoms with E-state index in [0.29, 0.717) is 0 Å². The maximum atomic E-state index is 11.1. The normalized spacial score (nSPS) is 13.0. The van der Waals surface area contributed by atoms with Crippen LogP contribution in [-0.4, -0.2) is 38.1 Å². The third kappa shape index (κ3) is 4.36. The van der Waals surface area contributed by atoms with Gasteiger partial charge in [-0.25, -0.2) is 8.42 Å². The molecule has 92 valence electrons. The first-order valence-corrected chi connectivity index (χ1v) is 6.82. The van der Waals surface area contributed by atoms with Crippen molar-refractivity contribution in [2.45, 2.75) is 6.92 Å². The molecule has 0 saturated heterocycles. The van der Waals surface area contributed by atoms with Gasteiger partial charge in [-0.3, -0.25) is 4.31 Å². The van der Waals surface area contributed by atoms with Gasteiger partial charge < -0.3 is 0 Å². The molecule has 0 atom stereocenters. The fourth-order valence-corrected chi connectivity index (χ4v) is 1.22. The second kappa shape index (κ2) is 5.58. The first-order valence-electron chi connectivity index (χ1n) is 4.97. The van der Waals surface area contributed by atoms with E-state index in [0.717, 1.165) is 21.8 Å². The fraction of sp³-hybridized carbons (Fsp3) is 0.273. The smallest absolute Gasteiger partial charge is 0.232 e. The van der Waals surface area contributed by atoms with Crippen molar-refractivity contribution < 1.29 is 8.42 Å². The SMILES string of the molecule is C/C(=N/N=C/N(C)S(C)(=O)=O)c1ccccc1. The van der Waals surface area contributed by atoms with Gasteiger partial charge >= 0.3 is 0 Å². The van der Waals surface area contributed by atoms with Crippen molar-refractivity contribution in [3.05, 3.63) is 35.9 Å². The molecule has 0 heterocycles. The van der Waals surface area contributed by atoms with Gasteiger partial charge in [0.1, 0.15) is 6.34 Å². The number of nitrogens with zero attached hydrogens (tertiary/aromatic N) is 3. The predicted molar refractivity (Wildman–Crippen MR) is 69.8 cm³/mol. The standard InChI is InChI=1S/C11H15N3O2S/c1-10(11-7-5-4-6-8-11)13-12-9-14(2)17(3,15)16/h4-9H,1-3H3/b12-9+,13-10-. The lowest BCUT2D eigenvalue weighted by Crippen LogP contribution is -2.23. The number of sulfonamides is 1. The molecule has 0 N–H and O–H groups in total. The monoisotopic (exact) mass is 253 g/mol. The summed E-state index contributed by atoms with van der Waals surface area (Å²) in [7, 11) is -1.84. The summed E-state index contributed by atoms with van der Waals surface area (Å²) in [6, 6.07) is 9.54. The third-order valence-electron chi connectivity index (χ3n) is 2.14. The zero-order chi connectivity index (χ0) is 12.9. The largest absolute Gasteiger partial charge is 0.262 e. The Morgan fingerprint density at radius 1 is 1.29 bits per heavy atom. The first-order chi connectivity index (χ1) is 7.91. The summed E-state index contributed by atoms with van der Waals surface area (Å²) < 4.78 is 23.1. The van der Waals surface area contributed by atoms with Gasteiger partial charge in [0.2, 0.25) is 10.0 Å². The molecule has 0 aromatic heterocycles. The molecule has 0 aliphatic heterocycles. The van der Waals surface area contributed by atoms with Crippen molar-refractivity contribution >= 4 is 22.1 Å². The van der Waals surface area contributed by atoms with Crippen LogP contribution in [0.1, 0.15) is 12.5 Å². The van der Waals surface area contributed by atoms with E-state index in [4.69, 9.17) is 0 Å². The van der Waals surface area contributed by atoms with Crippen LogP contribution in [0.2, 0.25) is 0 Å². The molecule has 0 aliphatic rings. The molecule has 0 radical (unpaired) electrons. The van der Waals surface area contributed by atoms with Crippen LogP contribution in [0.5, 0.6) is 0 Å². The summed E-state index contributed by atoms with van der Waals surface area (Å²) in [6.45, 7) is 1.81. The topological polar surface area (TPSA) is 62.1 Å². The third-order valence-corrected chi connectivity index (χ3v) is 3.28. The average Bonchev–Trinajstić information content (AvgIpc) is 2.28. The van der Waals surface area contributed by atoms with Crippen LogP contribution in [0, 0.1) is 0 Å². The van der Waals surface area contributed by atoms with Gasteiger partial charge in [-0.05, 0) is 12.5 Å². The molecule has 17 heavy (non-hydrogen) atoms. The number of hydrogen-bond acceptors (Lipinski definition) is 4. The van der Waals surface area contributed by atoms with Gasteiger partial charge in [-0.1, -0.05) is 30.3 Å². The Balaban J connectivity index is 2.76. The van der Waals surface area contributed by atoms with Gasteiger partial charge in [0.15, 0.2) is 0 Å². The molecule has 1 aromatic rings. The average molecular weight is 253 g/mol. The van der Waals surface area contributed by atoms with Crippen LogP contribution < -0.4 is 0 Å². The van der Waals surface area contributed by atoms with Crippen molar-refractivity contribution in [2.24, 2.45) is 10.2 Å². The van der Waals surface area contributed by atoms with Crippen molar-refractivity contribution in [1.82, 2.24) is 4.31 Å². The molecule has 5 nitrogen and oxygen atoms in total. The van der Waals surface area contributed by atoms with Crippen LogP contribution >= 0.6 is 0 Å². The summed E-state index contributed by atoms with van der Waals surface area (Å²) >= 11 is 0. The summed E-state index contributed by atoms with van der Waals surface area (Å²) in [4.78, 5) is 0. The molecule has 0 amide bonds. The van der Waals surface area contributed by atoms with E-state index in [2.05, 4.69) is 10.2 Å². The lowest BCUT2D eigenvalue weighted by molar-refractivity contribution is 0.562. The van der Waals surface area contributed by atoms with E-state index < -0.39 is 10.0 Å². The van der Waals surface area contributed by atoms with E-state index in [1.54, 1.807) is 0 Å². The van der Waals surface area contributed by atoms with Crippen LogP contribution in [-0.2, 0) is 10.0 Å². The van der Waals surface area contributed by atoms with E-state index in [1.807, 2.05) is 37.3 Å². The minimum Gasteiger partial charge on any atom is -0.262 e. The molecule has 0 saturated carbocycles. The second-order valence-electron chi connectivity index (χ2n) is 3.56. The first kappa shape index (κ1) is 13.4. The second-order valence-corrected chi connectivity index (χ2v) is 5.60. The molecule has 0 unspecified atom stereocenters. The molecular weight excluding hydrogens is 238 g/mol. The lowest BCUT2D eigenvalue weighted by Gasteiger charge is -2.07. The highest BCUT2D eigenvalue weighted by molar-refractivity contribution is 7.88. The molecule has 1 rings (SSSR count). The highest BCUT2D eigenvalue weighted by Gasteiger charge is 2.04. The summed E-state index contributed by atoms with van der Waals surface area (Å²) in [5.74, 6) is 0. The van der Waals surface area contributed by atoms with Crippen molar-refractivity contribution in [2.75, 3.05) is 13.3 Å². The van der Waals surface area contributed by atoms with Crippen molar-refractivity contribution in [3.63, 3.8) is 0 Å². The Morgan fingerprint density at radius 3 is 2.41 bits per heavy atom. The zero-order valence-electron chi connectivity index (χ0n) is 10.0. The number of rotatable bonds is 4. The van der Waals surface area contributed by atoms with Gasteiger partial charge in [-0.2, -0.15) is 5.10 Å². The van der Waals surface area contributed by atoms with E-state index in [9.17, 15) is 8.42 Å². The number of hydrogen-bond donors (Lipinski definition) is 0. The molecule has 0 aliphatic carbocycles. The minimum absolute atomic E-state index is 0.726. The lowest BCUT2D eigenvalue weighted by atomic mass is 10.1. The van der Waals surface area contributed by atoms with Gasteiger partial charge in [-0.15, -0.1) is 5.10 Å². The van der Waals surface area contributed by atoms with Crippen LogP contribution in [0.3, 0.4) is 0 Å². The minimum atomic E-state index is -3.25. The highest BCUT2D eigenvalue weighted by atomic mass is 32.2. The van der Waals surface area contributed by atoms with Crippen LogP contribution in [0.25, 0.3) is 0 Å². The maximum absolute atomic E-state index is 11.1. The Morgan fingerprint density at radius 2 is 1.88 bits per heavy atom. The quantitative estimate of drug-likeness (QED) is 0.461.